The molecule has 3 heterocycles. The van der Waals surface area contributed by atoms with Crippen LogP contribution in [0.2, 0.25) is 0 Å². The first-order chi connectivity index (χ1) is 16.9. The van der Waals surface area contributed by atoms with Crippen LogP contribution in [-0.2, 0) is 6.54 Å². The average Bonchev–Trinajstić information content (AvgIpc) is 3.65. The molecule has 1 saturated heterocycles. The molecule has 2 aliphatic rings. The Labute approximate surface area is 206 Å². The number of H-pyrrole nitrogens is 1. The monoisotopic (exact) mass is 476 g/mol. The number of rotatable bonds is 7. The number of hydrogen-bond donors (Lipinski definition) is 2. The van der Waals surface area contributed by atoms with Gasteiger partial charge in [0, 0.05) is 34.4 Å². The number of nitrogens with zero attached hydrogens (tertiary/aromatic N) is 2. The van der Waals surface area contributed by atoms with Gasteiger partial charge < -0.3 is 24.5 Å². The summed E-state index contributed by atoms with van der Waals surface area (Å²) in [4.78, 5) is 31.4. The summed E-state index contributed by atoms with van der Waals surface area (Å²) >= 11 is 0. The van der Waals surface area contributed by atoms with Crippen LogP contribution in [0.25, 0.3) is 10.9 Å². The summed E-state index contributed by atoms with van der Waals surface area (Å²) in [7, 11) is 1.54. The third-order valence-electron chi connectivity index (χ3n) is 7.99. The van der Waals surface area contributed by atoms with Gasteiger partial charge in [-0.15, -0.1) is 0 Å². The van der Waals surface area contributed by atoms with Crippen molar-refractivity contribution in [3.63, 3.8) is 0 Å². The average molecular weight is 477 g/mol. The predicted octanol–water partition coefficient (Wildman–Crippen LogP) is 4.32. The van der Waals surface area contributed by atoms with Gasteiger partial charge in [0.15, 0.2) is 0 Å². The second-order valence-corrected chi connectivity index (χ2v) is 10.2. The molecule has 7 heteroatoms. The molecule has 0 bridgehead atoms. The number of methoxy groups -OCH3 is 1. The molecule has 3 aromatic rings. The zero-order valence-corrected chi connectivity index (χ0v) is 21.2. The largest absolute Gasteiger partial charge is 0.496 e. The number of fused-ring (bicyclic) bond motifs is 1. The number of ether oxygens (including phenoxy) is 1. The molecule has 1 aliphatic carbocycles. The van der Waals surface area contributed by atoms with Crippen LogP contribution in [-0.4, -0.2) is 46.6 Å². The summed E-state index contributed by atoms with van der Waals surface area (Å²) < 4.78 is 7.75. The minimum Gasteiger partial charge on any atom is -0.496 e. The van der Waals surface area contributed by atoms with Gasteiger partial charge in [0.05, 0.1) is 24.8 Å². The van der Waals surface area contributed by atoms with Crippen LogP contribution in [0.5, 0.6) is 5.75 Å². The molecule has 7 nitrogen and oxygen atoms in total. The van der Waals surface area contributed by atoms with Crippen molar-refractivity contribution in [3.05, 3.63) is 63.2 Å². The zero-order chi connectivity index (χ0) is 24.7. The summed E-state index contributed by atoms with van der Waals surface area (Å²) in [5, 5.41) is 3.93. The molecule has 1 aliphatic heterocycles. The molecule has 5 rings (SSSR count). The van der Waals surface area contributed by atoms with E-state index in [-0.39, 0.29) is 18.0 Å². The minimum absolute atomic E-state index is 0.103. The predicted molar refractivity (Wildman–Crippen MR) is 138 cm³/mol. The molecule has 2 N–H and O–H groups in total. The van der Waals surface area contributed by atoms with Crippen molar-refractivity contribution in [2.45, 2.75) is 65.1 Å². The van der Waals surface area contributed by atoms with Gasteiger partial charge in [0.25, 0.3) is 11.5 Å². The normalized spacial score (nSPS) is 18.1. The molecular formula is C28H36N4O3. The highest BCUT2D eigenvalue weighted by Crippen LogP contribution is 2.38. The molecule has 0 radical (unpaired) electrons. The lowest BCUT2D eigenvalue weighted by atomic mass is 9.90. The van der Waals surface area contributed by atoms with Gasteiger partial charge >= 0.3 is 0 Å². The Morgan fingerprint density at radius 2 is 1.89 bits per heavy atom. The van der Waals surface area contributed by atoms with Crippen molar-refractivity contribution < 1.29 is 9.53 Å². The number of hydrogen-bond acceptors (Lipinski definition) is 4. The third-order valence-corrected chi connectivity index (χ3v) is 7.99. The Morgan fingerprint density at radius 1 is 1.17 bits per heavy atom. The smallest absolute Gasteiger partial charge is 0.256 e. The lowest BCUT2D eigenvalue weighted by Gasteiger charge is -2.36. The first-order valence-corrected chi connectivity index (χ1v) is 12.8. The van der Waals surface area contributed by atoms with E-state index in [1.807, 2.05) is 25.1 Å². The molecule has 0 spiro atoms. The highest BCUT2D eigenvalue weighted by Gasteiger charge is 2.34. The molecule has 1 saturated carbocycles. The fourth-order valence-electron chi connectivity index (χ4n) is 5.91. The molecule has 1 atom stereocenters. The molecular weight excluding hydrogens is 440 g/mol. The van der Waals surface area contributed by atoms with E-state index in [2.05, 4.69) is 32.8 Å². The Kier molecular flexibility index (Phi) is 6.45. The number of aromatic nitrogens is 2. The summed E-state index contributed by atoms with van der Waals surface area (Å²) in [5.74, 6) is 0.901. The molecule has 2 aromatic heterocycles. The Hall–Kier alpha value is -3.06. The number of amides is 1. The van der Waals surface area contributed by atoms with E-state index in [1.165, 1.54) is 45.9 Å². The Morgan fingerprint density at radius 3 is 2.57 bits per heavy atom. The summed E-state index contributed by atoms with van der Waals surface area (Å²) in [6, 6.07) is 11.1. The standard InChI is InChI=1S/C28H36N4O3/c1-17-15-25(35-4)23(27(33)30-17)16-29-28(34)26-19(3)32(24-8-6-5-7-22(24)26)18(2)20-11-13-31(14-12-20)21-9-10-21/h5-8,15,18,20-21H,9-14,16H2,1-4H3,(H,29,34)(H,30,33)/t18-/m1/s1. The fraction of sp³-hybridized carbons (Fsp3) is 0.500. The van der Waals surface area contributed by atoms with Crippen molar-refractivity contribution in [1.29, 1.82) is 0 Å². The van der Waals surface area contributed by atoms with Gasteiger partial charge in [-0.1, -0.05) is 18.2 Å². The first kappa shape index (κ1) is 23.7. The van der Waals surface area contributed by atoms with E-state index in [0.717, 1.165) is 28.3 Å². The van der Waals surface area contributed by atoms with E-state index in [4.69, 9.17) is 4.74 Å². The van der Waals surface area contributed by atoms with Gasteiger partial charge in [-0.05, 0) is 77.6 Å². The van der Waals surface area contributed by atoms with Crippen molar-refractivity contribution in [2.24, 2.45) is 5.92 Å². The Balaban J connectivity index is 1.41. The van der Waals surface area contributed by atoms with E-state index < -0.39 is 0 Å². The molecule has 2 fully saturated rings. The minimum atomic E-state index is -0.243. The first-order valence-electron chi connectivity index (χ1n) is 12.8. The summed E-state index contributed by atoms with van der Waals surface area (Å²) in [6.45, 7) is 8.61. The van der Waals surface area contributed by atoms with Crippen LogP contribution in [0, 0.1) is 19.8 Å². The van der Waals surface area contributed by atoms with E-state index in [1.54, 1.807) is 13.0 Å². The SMILES string of the molecule is COc1cc(C)[nH]c(=O)c1CNC(=O)c1c(C)n([C@H](C)C2CCN(C3CC3)CC2)c2ccccc12. The highest BCUT2D eigenvalue weighted by molar-refractivity contribution is 6.08. The second kappa shape index (κ2) is 9.53. The number of carbonyl (C=O) groups excluding carboxylic acids is 1. The van der Waals surface area contributed by atoms with E-state index >= 15 is 0 Å². The van der Waals surface area contributed by atoms with Crippen molar-refractivity contribution >= 4 is 16.8 Å². The number of piperidine rings is 1. The van der Waals surface area contributed by atoms with E-state index in [9.17, 15) is 9.59 Å². The molecule has 1 aromatic carbocycles. The molecule has 0 unspecified atom stereocenters. The van der Waals surface area contributed by atoms with Crippen LogP contribution < -0.4 is 15.6 Å². The van der Waals surface area contributed by atoms with Gasteiger partial charge in [-0.25, -0.2) is 0 Å². The maximum Gasteiger partial charge on any atom is 0.256 e. The number of aryl methyl sites for hydroxylation is 1. The molecule has 1 amide bonds. The van der Waals surface area contributed by atoms with Crippen LogP contribution in [0.1, 0.15) is 66.0 Å². The van der Waals surface area contributed by atoms with Crippen LogP contribution in [0.4, 0.5) is 0 Å². The lowest BCUT2D eigenvalue weighted by Crippen LogP contribution is -2.37. The maximum absolute atomic E-state index is 13.5. The van der Waals surface area contributed by atoms with Gasteiger partial charge in [0.2, 0.25) is 0 Å². The number of para-hydroxylation sites is 1. The van der Waals surface area contributed by atoms with Crippen LogP contribution in [0.15, 0.2) is 35.1 Å². The van der Waals surface area contributed by atoms with Gasteiger partial charge in [0.1, 0.15) is 5.75 Å². The second-order valence-electron chi connectivity index (χ2n) is 10.2. The van der Waals surface area contributed by atoms with Crippen molar-refractivity contribution in [1.82, 2.24) is 19.8 Å². The van der Waals surface area contributed by atoms with Crippen LogP contribution in [0.3, 0.4) is 0 Å². The summed E-state index contributed by atoms with van der Waals surface area (Å²) in [5.41, 5.74) is 3.66. The maximum atomic E-state index is 13.5. The topological polar surface area (TPSA) is 79.4 Å². The van der Waals surface area contributed by atoms with Crippen molar-refractivity contribution in [3.8, 4) is 5.75 Å². The summed E-state index contributed by atoms with van der Waals surface area (Å²) in [6.07, 6.45) is 5.11. The number of pyridine rings is 1. The van der Waals surface area contributed by atoms with Crippen molar-refractivity contribution in [2.75, 3.05) is 20.2 Å². The number of benzene rings is 1. The van der Waals surface area contributed by atoms with Gasteiger partial charge in [-0.2, -0.15) is 0 Å². The van der Waals surface area contributed by atoms with Gasteiger partial charge in [-0.3, -0.25) is 9.59 Å². The fourth-order valence-corrected chi connectivity index (χ4v) is 5.91. The lowest BCUT2D eigenvalue weighted by molar-refractivity contribution is 0.0950. The Bertz CT molecular complexity index is 1300. The third kappa shape index (κ3) is 4.49. The number of likely N-dealkylation sites (tertiary alicyclic amines) is 1. The molecule has 186 valence electrons. The van der Waals surface area contributed by atoms with Crippen LogP contribution >= 0.6 is 0 Å². The number of aromatic amines is 1. The number of nitrogens with one attached hydrogen (secondary N) is 2. The highest BCUT2D eigenvalue weighted by atomic mass is 16.5. The molecule has 35 heavy (non-hydrogen) atoms. The quantitative estimate of drug-likeness (QED) is 0.532. The van der Waals surface area contributed by atoms with E-state index in [0.29, 0.717) is 28.8 Å². The number of carbonyl (C=O) groups is 1. The zero-order valence-electron chi connectivity index (χ0n) is 21.2.